The second-order valence-electron chi connectivity index (χ2n) is 2.78. The van der Waals surface area contributed by atoms with Gasteiger partial charge in [-0.2, -0.15) is 0 Å². The van der Waals surface area contributed by atoms with E-state index in [2.05, 4.69) is 4.98 Å². The van der Waals surface area contributed by atoms with Crippen LogP contribution < -0.4 is 5.48 Å². The fraction of sp³-hybridized carbons (Fsp3) is 0.100. The van der Waals surface area contributed by atoms with Gasteiger partial charge in [-0.15, -0.1) is 0 Å². The molecule has 0 unspecified atom stereocenters. The van der Waals surface area contributed by atoms with Gasteiger partial charge >= 0.3 is 0 Å². The van der Waals surface area contributed by atoms with Gasteiger partial charge in [0.1, 0.15) is 4.99 Å². The Balaban J connectivity index is 2.69. The second kappa shape index (κ2) is 3.77. The van der Waals surface area contributed by atoms with Crippen LogP contribution in [-0.2, 0) is 6.42 Å². The lowest BCUT2D eigenvalue weighted by Gasteiger charge is -1.99. The summed E-state index contributed by atoms with van der Waals surface area (Å²) in [5, 5.41) is 9.08. The van der Waals surface area contributed by atoms with E-state index in [9.17, 15) is 0 Å². The Morgan fingerprint density at radius 2 is 2.36 bits per heavy atom. The molecule has 0 spiro atoms. The highest BCUT2D eigenvalue weighted by molar-refractivity contribution is 7.80. The van der Waals surface area contributed by atoms with Crippen LogP contribution in [0.3, 0.4) is 0 Å². The van der Waals surface area contributed by atoms with Crippen LogP contribution in [0.25, 0.3) is 10.9 Å². The Labute approximate surface area is 92.3 Å². The van der Waals surface area contributed by atoms with Crippen LogP contribution in [0, 0.1) is 0 Å². The molecule has 0 amide bonds. The molecule has 0 aliphatic heterocycles. The molecule has 1 heterocycles. The smallest absolute Gasteiger partial charge is 0.105 e. The van der Waals surface area contributed by atoms with Gasteiger partial charge in [-0.1, -0.05) is 30.3 Å². The molecule has 0 bridgehead atoms. The van der Waals surface area contributed by atoms with Crippen molar-refractivity contribution < 1.29 is 10.7 Å². The van der Waals surface area contributed by atoms with Crippen molar-refractivity contribution in [3.05, 3.63) is 35.9 Å². The molecule has 0 saturated heterocycles. The average molecular weight is 212 g/mol. The van der Waals surface area contributed by atoms with E-state index < -0.39 is 0 Å². The van der Waals surface area contributed by atoms with Crippen molar-refractivity contribution in [1.29, 1.82) is 0 Å². The predicted octanol–water partition coefficient (Wildman–Crippen LogP) is 2.02. The normalized spacial score (nSPS) is 14.4. The number of aromatic amines is 1. The molecule has 0 aliphatic carbocycles. The summed E-state index contributed by atoms with van der Waals surface area (Å²) in [4.78, 5) is 3.00. The Bertz CT molecular complexity index is 641. The number of hydrogen-bond acceptors (Lipinski definition) is 2. The number of nitrogens with one attached hydrogen (secondary N) is 2. The number of aromatic nitrogens is 1. The van der Waals surface area contributed by atoms with Gasteiger partial charge in [0, 0.05) is 23.5 Å². The van der Waals surface area contributed by atoms with Crippen LogP contribution in [-0.4, -0.2) is 15.2 Å². The number of thiocarbonyl (C=S) groups is 1. The summed E-state index contributed by atoms with van der Waals surface area (Å²) in [5.41, 5.74) is 2.81. The minimum Gasteiger partial charge on any atom is -0.361 e. The highest BCUT2D eigenvalue weighted by atomic mass is 34.0. The highest BCUT2D eigenvalue weighted by Crippen LogP contribution is 2.17. The van der Waals surface area contributed by atoms with E-state index in [1.807, 2.05) is 5.48 Å². The van der Waals surface area contributed by atoms with Crippen LogP contribution in [0.5, 0.6) is 0 Å². The molecule has 3 nitrogen and oxygen atoms in total. The molecule has 14 heavy (non-hydrogen) atoms. The highest BCUT2D eigenvalue weighted by Gasteiger charge is 2.04. The van der Waals surface area contributed by atoms with Gasteiger partial charge < -0.3 is 4.98 Å². The van der Waals surface area contributed by atoms with Gasteiger partial charge in [-0.25, -0.2) is 0 Å². The van der Waals surface area contributed by atoms with E-state index in [0.717, 1.165) is 0 Å². The maximum Gasteiger partial charge on any atom is 0.105 e. The van der Waals surface area contributed by atoms with Gasteiger partial charge in [0.2, 0.25) is 0 Å². The van der Waals surface area contributed by atoms with E-state index in [1.165, 1.54) is 0 Å². The van der Waals surface area contributed by atoms with E-state index >= 15 is 0 Å². The van der Waals surface area contributed by atoms with Crippen LogP contribution in [0.1, 0.15) is 11.0 Å². The van der Waals surface area contributed by atoms with Gasteiger partial charge in [0.15, 0.2) is 0 Å². The first-order valence-corrected chi connectivity index (χ1v) is 4.37. The first-order valence-electron chi connectivity index (χ1n) is 5.96. The van der Waals surface area contributed by atoms with Crippen LogP contribution in [0.2, 0.25) is 0 Å². The molecule has 1 aromatic carbocycles. The van der Waals surface area contributed by atoms with E-state index in [-0.39, 0.29) is 35.6 Å². The molecule has 72 valence electrons. The molecule has 2 aromatic rings. The molecule has 0 aliphatic rings. The van der Waals surface area contributed by atoms with Crippen molar-refractivity contribution in [2.24, 2.45) is 0 Å². The molecule has 0 saturated carbocycles. The minimum atomic E-state index is -0.281. The van der Waals surface area contributed by atoms with Crippen molar-refractivity contribution in [2.75, 3.05) is 0 Å². The Morgan fingerprint density at radius 3 is 3.14 bits per heavy atom. The van der Waals surface area contributed by atoms with Crippen molar-refractivity contribution >= 4 is 28.1 Å². The average Bonchev–Trinajstić information content (AvgIpc) is 2.77. The quantitative estimate of drug-likeness (QED) is 0.405. The summed E-state index contributed by atoms with van der Waals surface area (Å²) in [7, 11) is 0. The van der Waals surface area contributed by atoms with Gasteiger partial charge in [-0.3, -0.25) is 10.7 Å². The van der Waals surface area contributed by atoms with Gasteiger partial charge in [-0.05, 0) is 11.6 Å². The van der Waals surface area contributed by atoms with Crippen molar-refractivity contribution in [1.82, 2.24) is 10.5 Å². The lowest BCUT2D eigenvalue weighted by atomic mass is 10.1. The molecule has 2 rings (SSSR count). The topological polar surface area (TPSA) is 48.0 Å². The third kappa shape index (κ3) is 1.62. The standard InChI is InChI=1S/C10H10N2OS/c13-12-10(14)5-7-6-11-9-4-2-1-3-8(7)9/h1-4,6,11,13H,5H2,(H,12,14)/i1D,2D,3D,4D,14+2. The van der Waals surface area contributed by atoms with E-state index in [0.29, 0.717) is 16.5 Å². The zero-order chi connectivity index (χ0) is 13.4. The third-order valence-electron chi connectivity index (χ3n) is 1.88. The van der Waals surface area contributed by atoms with Gasteiger partial charge in [0.25, 0.3) is 0 Å². The number of benzene rings is 1. The molecule has 0 atom stereocenters. The summed E-state index contributed by atoms with van der Waals surface area (Å²) >= 11 is 4.83. The molecule has 3 N–H and O–H groups in total. The molecule has 1 aromatic heterocycles. The number of para-hydroxylation sites is 1. The van der Waals surface area contributed by atoms with Crippen molar-refractivity contribution in [3.8, 4) is 0 Å². The summed E-state index contributed by atoms with van der Waals surface area (Å²) in [6.07, 6.45) is 1.78. The molecular weight excluding hydrogens is 198 g/mol. The first kappa shape index (κ1) is 5.48. The van der Waals surface area contributed by atoms with Crippen molar-refractivity contribution in [2.45, 2.75) is 6.42 Å². The number of hydrogen-bond donors (Lipinski definition) is 3. The number of fused-ring (bicyclic) bond motifs is 1. The number of H-pyrrole nitrogens is 1. The van der Waals surface area contributed by atoms with E-state index in [4.69, 9.17) is 22.9 Å². The zero-order valence-electron chi connectivity index (χ0n) is 11.1. The molecule has 4 heteroatoms. The number of rotatable bonds is 2. The third-order valence-corrected chi connectivity index (χ3v) is 2.11. The Morgan fingerprint density at radius 1 is 1.57 bits per heavy atom. The number of hydroxylamine groups is 1. The largest absolute Gasteiger partial charge is 0.361 e. The molecular formula is C10H10N2OS. The minimum absolute atomic E-state index is 0.108. The Hall–Kier alpha value is -1.39. The Kier molecular flexibility index (Phi) is 1.48. The van der Waals surface area contributed by atoms with Crippen LogP contribution in [0.15, 0.2) is 30.4 Å². The predicted molar refractivity (Wildman–Crippen MR) is 59.5 cm³/mol. The second-order valence-corrected chi connectivity index (χ2v) is 3.27. The maximum absolute atomic E-state index is 8.68. The van der Waals surface area contributed by atoms with Crippen molar-refractivity contribution in [3.63, 3.8) is 0 Å². The summed E-state index contributed by atoms with van der Waals surface area (Å²) < 4.78 is 30.8. The first-order chi connectivity index (χ1) is 8.47. The maximum atomic E-state index is 8.68. The van der Waals surface area contributed by atoms with E-state index in [1.54, 1.807) is 6.20 Å². The summed E-state index contributed by atoms with van der Waals surface area (Å²) in [6.45, 7) is 0. The molecule has 0 radical (unpaired) electrons. The molecule has 0 fully saturated rings. The summed E-state index contributed by atoms with van der Waals surface area (Å²) in [6, 6.07) is -0.775. The fourth-order valence-electron chi connectivity index (χ4n) is 1.24. The lowest BCUT2D eigenvalue weighted by molar-refractivity contribution is 0.235. The van der Waals surface area contributed by atoms with Crippen LogP contribution >= 0.6 is 12.2 Å². The zero-order valence-corrected chi connectivity index (χ0v) is 7.96. The van der Waals surface area contributed by atoms with Crippen LogP contribution in [0.4, 0.5) is 0 Å². The monoisotopic (exact) mass is 212 g/mol. The SMILES string of the molecule is [2H]c1c([2H])c([2H])c2c(CC(=[34S])NO)c[nH]c2c1[2H]. The summed E-state index contributed by atoms with van der Waals surface area (Å²) in [5.74, 6) is 0. The fourth-order valence-corrected chi connectivity index (χ4v) is 1.40. The lowest BCUT2D eigenvalue weighted by Crippen LogP contribution is -2.18. The van der Waals surface area contributed by atoms with Gasteiger partial charge in [0.05, 0.1) is 5.48 Å².